The highest BCUT2D eigenvalue weighted by Gasteiger charge is 2.32. The number of nitrogens with one attached hydrogen (secondary N) is 2. The molecule has 1 saturated heterocycles. The van der Waals surface area contributed by atoms with Crippen LogP contribution in [0.2, 0.25) is 0 Å². The Morgan fingerprint density at radius 1 is 0.875 bits per heavy atom. The zero-order valence-corrected chi connectivity index (χ0v) is 27.3. The molecule has 0 radical (unpaired) electrons. The maximum Gasteiger partial charge on any atom is 0.335 e. The molecule has 0 aromatic heterocycles. The molecule has 4 N–H and O–H groups in total. The lowest BCUT2D eigenvalue weighted by molar-refractivity contribution is -0.245. The molecular weight excluding hydrogens is 632 g/mol. The van der Waals surface area contributed by atoms with Crippen LogP contribution in [0.25, 0.3) is 11.1 Å². The largest absolute Gasteiger partial charge is 0.478 e. The Labute approximate surface area is 283 Å². The summed E-state index contributed by atoms with van der Waals surface area (Å²) in [5.74, 6) is -0.815. The van der Waals surface area contributed by atoms with Crippen molar-refractivity contribution in [3.8, 4) is 11.1 Å². The van der Waals surface area contributed by atoms with Crippen molar-refractivity contribution in [3.63, 3.8) is 0 Å². The van der Waals surface area contributed by atoms with Gasteiger partial charge in [0.1, 0.15) is 6.54 Å². The summed E-state index contributed by atoms with van der Waals surface area (Å²) in [6.45, 7) is 1.97. The molecule has 0 saturated carbocycles. The summed E-state index contributed by atoms with van der Waals surface area (Å²) in [4.78, 5) is 36.0. The zero-order valence-electron chi connectivity index (χ0n) is 26.5. The topological polar surface area (TPSA) is 143 Å². The molecule has 2 amide bonds. The molecule has 4 aromatic carbocycles. The molecule has 1 fully saturated rings. The highest BCUT2D eigenvalue weighted by molar-refractivity contribution is 7.99. The van der Waals surface area contributed by atoms with E-state index >= 15 is 0 Å². The number of carboxylic acids is 1. The van der Waals surface area contributed by atoms with Crippen LogP contribution in [-0.2, 0) is 32.2 Å². The first-order chi connectivity index (χ1) is 23.3. The SMILES string of the molecule is CCOC(=O)CNC(=O)NCc1ccccc1-c1ccc(C2OC(CSc3ccc(C(=O)O)cc3)CC(c3ccc(CO)cc3)O2)cc1. The number of esters is 1. The summed E-state index contributed by atoms with van der Waals surface area (Å²) in [6.07, 6.45) is -0.397. The van der Waals surface area contributed by atoms with Gasteiger partial charge in [0, 0.05) is 29.2 Å². The van der Waals surface area contributed by atoms with Gasteiger partial charge in [-0.1, -0.05) is 72.8 Å². The molecule has 0 spiro atoms. The third-order valence-electron chi connectivity index (χ3n) is 7.80. The number of amides is 2. The number of hydrogen-bond acceptors (Lipinski definition) is 8. The van der Waals surface area contributed by atoms with E-state index in [4.69, 9.17) is 14.2 Å². The van der Waals surface area contributed by atoms with Gasteiger partial charge in [-0.3, -0.25) is 4.79 Å². The summed E-state index contributed by atoms with van der Waals surface area (Å²) in [5.41, 5.74) is 5.71. The lowest BCUT2D eigenvalue weighted by Crippen LogP contribution is -2.38. The van der Waals surface area contributed by atoms with Crippen LogP contribution in [0.1, 0.15) is 58.4 Å². The zero-order chi connectivity index (χ0) is 33.9. The van der Waals surface area contributed by atoms with Crippen LogP contribution in [0.5, 0.6) is 0 Å². The second-order valence-corrected chi connectivity index (χ2v) is 12.2. The number of urea groups is 1. The molecule has 1 aliphatic heterocycles. The number of carboxylic acid groups (broad SMARTS) is 1. The number of carbonyl (C=O) groups excluding carboxylic acids is 2. The fraction of sp³-hybridized carbons (Fsp3) is 0.270. The Hall–Kier alpha value is -4.68. The number of rotatable bonds is 13. The number of ether oxygens (including phenoxy) is 3. The van der Waals surface area contributed by atoms with Crippen LogP contribution in [0, 0.1) is 0 Å². The summed E-state index contributed by atoms with van der Waals surface area (Å²) in [7, 11) is 0. The van der Waals surface area contributed by atoms with Crippen molar-refractivity contribution >= 4 is 29.7 Å². The van der Waals surface area contributed by atoms with Crippen molar-refractivity contribution in [2.24, 2.45) is 0 Å². The van der Waals surface area contributed by atoms with Crippen molar-refractivity contribution in [2.75, 3.05) is 18.9 Å². The van der Waals surface area contributed by atoms with Gasteiger partial charge in [-0.15, -0.1) is 11.8 Å². The molecule has 5 rings (SSSR count). The van der Waals surface area contributed by atoms with Gasteiger partial charge in [0.2, 0.25) is 0 Å². The van der Waals surface area contributed by atoms with Gasteiger partial charge >= 0.3 is 18.0 Å². The van der Waals surface area contributed by atoms with E-state index in [0.29, 0.717) is 12.2 Å². The standard InChI is InChI=1S/C37H38N2O8S/c1-2-45-34(41)21-39-37(44)38-20-29-5-3-4-6-32(29)25-11-13-28(14-12-25)36-46-30(23-48-31-17-15-27(16-18-31)35(42)43)19-33(47-36)26-9-7-24(22-40)8-10-26/h3-18,30,33,36,40H,2,19-23H2,1H3,(H,42,43)(H2,38,39,44). The summed E-state index contributed by atoms with van der Waals surface area (Å²) >= 11 is 1.60. The predicted octanol–water partition coefficient (Wildman–Crippen LogP) is 6.24. The average molecular weight is 671 g/mol. The Morgan fingerprint density at radius 2 is 1.58 bits per heavy atom. The number of thioether (sulfide) groups is 1. The van der Waals surface area contributed by atoms with Crippen LogP contribution >= 0.6 is 11.8 Å². The first-order valence-corrected chi connectivity index (χ1v) is 16.6. The van der Waals surface area contributed by atoms with E-state index < -0.39 is 24.3 Å². The maximum absolute atomic E-state index is 12.3. The van der Waals surface area contributed by atoms with Gasteiger partial charge in [-0.2, -0.15) is 0 Å². The third-order valence-corrected chi connectivity index (χ3v) is 8.95. The fourth-order valence-electron chi connectivity index (χ4n) is 5.28. The summed E-state index contributed by atoms with van der Waals surface area (Å²) in [6, 6.07) is 29.8. The van der Waals surface area contributed by atoms with Gasteiger partial charge in [0.05, 0.1) is 31.0 Å². The van der Waals surface area contributed by atoms with Gasteiger partial charge in [0.15, 0.2) is 6.29 Å². The van der Waals surface area contributed by atoms with Crippen molar-refractivity contribution in [1.82, 2.24) is 10.6 Å². The van der Waals surface area contributed by atoms with Crippen molar-refractivity contribution < 1.29 is 38.8 Å². The minimum atomic E-state index is -0.960. The molecule has 0 aliphatic carbocycles. The van der Waals surface area contributed by atoms with Crippen LogP contribution in [0.3, 0.4) is 0 Å². The third kappa shape index (κ3) is 9.45. The summed E-state index contributed by atoms with van der Waals surface area (Å²) < 4.78 is 17.8. The number of aliphatic hydroxyl groups is 1. The fourth-order valence-corrected chi connectivity index (χ4v) is 6.21. The normalized spacial score (nSPS) is 17.3. The molecule has 4 aromatic rings. The molecule has 3 unspecified atom stereocenters. The number of aromatic carboxylic acids is 1. The number of aliphatic hydroxyl groups excluding tert-OH is 1. The molecule has 48 heavy (non-hydrogen) atoms. The van der Waals surface area contributed by atoms with Crippen LogP contribution in [0.15, 0.2) is 102 Å². The second kappa shape index (κ2) is 16.9. The van der Waals surface area contributed by atoms with E-state index in [0.717, 1.165) is 38.3 Å². The van der Waals surface area contributed by atoms with E-state index in [1.54, 1.807) is 43.0 Å². The monoisotopic (exact) mass is 670 g/mol. The Balaban J connectivity index is 1.28. The molecule has 250 valence electrons. The smallest absolute Gasteiger partial charge is 0.335 e. The predicted molar refractivity (Wildman–Crippen MR) is 181 cm³/mol. The molecule has 3 atom stereocenters. The van der Waals surface area contributed by atoms with E-state index in [2.05, 4.69) is 10.6 Å². The van der Waals surface area contributed by atoms with Gasteiger partial charge < -0.3 is 35.1 Å². The minimum Gasteiger partial charge on any atom is -0.478 e. The number of carbonyl (C=O) groups is 3. The first kappa shape index (κ1) is 34.6. The average Bonchev–Trinajstić information content (AvgIpc) is 3.12. The van der Waals surface area contributed by atoms with E-state index in [1.807, 2.05) is 72.8 Å². The molecule has 1 aliphatic rings. The maximum atomic E-state index is 12.3. The van der Waals surface area contributed by atoms with Crippen LogP contribution in [-0.4, -0.2) is 53.2 Å². The van der Waals surface area contributed by atoms with Crippen molar-refractivity contribution in [3.05, 3.63) is 125 Å². The Morgan fingerprint density at radius 3 is 2.27 bits per heavy atom. The van der Waals surface area contributed by atoms with Gasteiger partial charge in [0.25, 0.3) is 0 Å². The van der Waals surface area contributed by atoms with E-state index in [1.165, 1.54) is 0 Å². The van der Waals surface area contributed by atoms with Crippen LogP contribution < -0.4 is 10.6 Å². The quantitative estimate of drug-likeness (QED) is 0.0960. The number of hydrogen-bond donors (Lipinski definition) is 4. The molecule has 0 bridgehead atoms. The molecule has 11 heteroatoms. The lowest BCUT2D eigenvalue weighted by atomic mass is 9.98. The molecule has 10 nitrogen and oxygen atoms in total. The minimum absolute atomic E-state index is 0.0360. The van der Waals surface area contributed by atoms with E-state index in [9.17, 15) is 24.6 Å². The highest BCUT2D eigenvalue weighted by atomic mass is 32.2. The van der Waals surface area contributed by atoms with E-state index in [-0.39, 0.29) is 44.1 Å². The number of benzene rings is 4. The van der Waals surface area contributed by atoms with Crippen molar-refractivity contribution in [1.29, 1.82) is 0 Å². The van der Waals surface area contributed by atoms with Gasteiger partial charge in [-0.25, -0.2) is 9.59 Å². The Kier molecular flexibility index (Phi) is 12.2. The lowest BCUT2D eigenvalue weighted by Gasteiger charge is -2.36. The van der Waals surface area contributed by atoms with Crippen LogP contribution in [0.4, 0.5) is 4.79 Å². The molecular formula is C37H38N2O8S. The van der Waals surface area contributed by atoms with Gasteiger partial charge in [-0.05, 0) is 59.0 Å². The first-order valence-electron chi connectivity index (χ1n) is 15.6. The highest BCUT2D eigenvalue weighted by Crippen LogP contribution is 2.40. The Bertz CT molecular complexity index is 1680. The molecule has 1 heterocycles. The van der Waals surface area contributed by atoms with Crippen molar-refractivity contribution in [2.45, 2.75) is 49.9 Å². The summed E-state index contributed by atoms with van der Waals surface area (Å²) in [5, 5.41) is 24.0. The second-order valence-electron chi connectivity index (χ2n) is 11.1.